The molecule has 0 unspecified atom stereocenters. The van der Waals surface area contributed by atoms with Gasteiger partial charge >= 0.3 is 0 Å². The highest BCUT2D eigenvalue weighted by Gasteiger charge is 2.18. The summed E-state index contributed by atoms with van der Waals surface area (Å²) in [4.78, 5) is 16.3. The second kappa shape index (κ2) is 7.47. The first-order chi connectivity index (χ1) is 10.1. The first-order valence-electron chi connectivity index (χ1n) is 7.27. The van der Waals surface area contributed by atoms with Crippen LogP contribution in [0.4, 0.5) is 14.5 Å². The van der Waals surface area contributed by atoms with Crippen molar-refractivity contribution in [3.8, 4) is 0 Å². The fourth-order valence-corrected chi connectivity index (χ4v) is 2.52. The minimum atomic E-state index is -0.696. The lowest BCUT2D eigenvalue weighted by Gasteiger charge is -2.34. The quantitative estimate of drug-likeness (QED) is 0.902. The Morgan fingerprint density at radius 3 is 2.24 bits per heavy atom. The zero-order valence-corrected chi connectivity index (χ0v) is 12.2. The summed E-state index contributed by atoms with van der Waals surface area (Å²) in [5, 5.41) is 2.53. The van der Waals surface area contributed by atoms with Crippen LogP contribution < -0.4 is 5.32 Å². The van der Waals surface area contributed by atoms with Gasteiger partial charge in [0.1, 0.15) is 11.6 Å². The minimum absolute atomic E-state index is 0.155. The molecule has 0 atom stereocenters. The van der Waals surface area contributed by atoms with Crippen LogP contribution in [0.1, 0.15) is 13.3 Å². The maximum atomic E-state index is 13.0. The van der Waals surface area contributed by atoms with Gasteiger partial charge in [0.15, 0.2) is 0 Å². The third-order valence-corrected chi connectivity index (χ3v) is 3.52. The Hall–Kier alpha value is -1.53. The highest BCUT2D eigenvalue weighted by molar-refractivity contribution is 5.92. The van der Waals surface area contributed by atoms with E-state index in [9.17, 15) is 13.6 Å². The van der Waals surface area contributed by atoms with Gasteiger partial charge in [0.25, 0.3) is 0 Å². The molecule has 2 rings (SSSR count). The molecule has 4 nitrogen and oxygen atoms in total. The molecule has 0 bridgehead atoms. The predicted octanol–water partition coefficient (Wildman–Crippen LogP) is 1.93. The number of anilines is 1. The molecule has 0 radical (unpaired) electrons. The maximum Gasteiger partial charge on any atom is 0.238 e. The van der Waals surface area contributed by atoms with Gasteiger partial charge in [-0.05, 0) is 25.1 Å². The molecule has 1 aromatic rings. The smallest absolute Gasteiger partial charge is 0.238 e. The highest BCUT2D eigenvalue weighted by atomic mass is 19.1. The van der Waals surface area contributed by atoms with Gasteiger partial charge in [0, 0.05) is 37.9 Å². The summed E-state index contributed by atoms with van der Waals surface area (Å²) in [6.45, 7) is 7.07. The third kappa shape index (κ3) is 5.06. The van der Waals surface area contributed by atoms with Crippen molar-refractivity contribution in [2.24, 2.45) is 0 Å². The number of hydrogen-bond donors (Lipinski definition) is 1. The van der Waals surface area contributed by atoms with Crippen LogP contribution in [0.5, 0.6) is 0 Å². The number of rotatable bonds is 5. The summed E-state index contributed by atoms with van der Waals surface area (Å²) in [7, 11) is 0. The van der Waals surface area contributed by atoms with Crippen molar-refractivity contribution in [1.82, 2.24) is 9.80 Å². The molecule has 21 heavy (non-hydrogen) atoms. The summed E-state index contributed by atoms with van der Waals surface area (Å²) in [5.41, 5.74) is 0.155. The summed E-state index contributed by atoms with van der Waals surface area (Å²) < 4.78 is 26.1. The Morgan fingerprint density at radius 2 is 1.67 bits per heavy atom. The van der Waals surface area contributed by atoms with Crippen molar-refractivity contribution < 1.29 is 13.6 Å². The molecule has 1 amide bonds. The van der Waals surface area contributed by atoms with Crippen molar-refractivity contribution in [3.05, 3.63) is 29.8 Å². The minimum Gasteiger partial charge on any atom is -0.325 e. The number of nitrogens with zero attached hydrogens (tertiary/aromatic N) is 2. The lowest BCUT2D eigenvalue weighted by atomic mass is 10.2. The van der Waals surface area contributed by atoms with Crippen LogP contribution in [-0.2, 0) is 4.79 Å². The molecule has 1 aliphatic rings. The molecular formula is C15H21F2N3O. The van der Waals surface area contributed by atoms with E-state index in [4.69, 9.17) is 0 Å². The average molecular weight is 297 g/mol. The second-order valence-corrected chi connectivity index (χ2v) is 5.32. The fourth-order valence-electron chi connectivity index (χ4n) is 2.52. The third-order valence-electron chi connectivity index (χ3n) is 3.52. The number of piperazine rings is 1. The molecule has 1 heterocycles. The number of hydrogen-bond acceptors (Lipinski definition) is 3. The Labute approximate surface area is 123 Å². The highest BCUT2D eigenvalue weighted by Crippen LogP contribution is 2.13. The van der Waals surface area contributed by atoms with Crippen molar-refractivity contribution in [1.29, 1.82) is 0 Å². The van der Waals surface area contributed by atoms with Gasteiger partial charge in [-0.3, -0.25) is 9.69 Å². The van der Waals surface area contributed by atoms with Crippen LogP contribution in [0.15, 0.2) is 18.2 Å². The maximum absolute atomic E-state index is 13.0. The van der Waals surface area contributed by atoms with E-state index in [2.05, 4.69) is 22.0 Å². The average Bonchev–Trinajstić information content (AvgIpc) is 2.40. The van der Waals surface area contributed by atoms with Gasteiger partial charge in [0.05, 0.1) is 6.54 Å². The van der Waals surface area contributed by atoms with E-state index in [0.29, 0.717) is 0 Å². The molecule has 0 saturated carbocycles. The summed E-state index contributed by atoms with van der Waals surface area (Å²) in [6.07, 6.45) is 1.13. The number of amides is 1. The fraction of sp³-hybridized carbons (Fsp3) is 0.533. The van der Waals surface area contributed by atoms with E-state index in [-0.39, 0.29) is 18.1 Å². The Bertz CT molecular complexity index is 468. The molecule has 6 heteroatoms. The van der Waals surface area contributed by atoms with E-state index in [1.54, 1.807) is 0 Å². The summed E-state index contributed by atoms with van der Waals surface area (Å²) >= 11 is 0. The SMILES string of the molecule is CCCN1CCN(CC(=O)Nc2cc(F)cc(F)c2)CC1. The zero-order chi connectivity index (χ0) is 15.2. The number of carbonyl (C=O) groups excluding carboxylic acids is 1. The normalized spacial score (nSPS) is 16.9. The first-order valence-corrected chi connectivity index (χ1v) is 7.27. The molecule has 1 aromatic carbocycles. The van der Waals surface area contributed by atoms with Crippen molar-refractivity contribution in [2.45, 2.75) is 13.3 Å². The molecule has 116 valence electrons. The van der Waals surface area contributed by atoms with Gasteiger partial charge in [-0.2, -0.15) is 0 Å². The van der Waals surface area contributed by atoms with E-state index in [1.807, 2.05) is 0 Å². The Kier molecular flexibility index (Phi) is 5.64. The van der Waals surface area contributed by atoms with Crippen LogP contribution >= 0.6 is 0 Å². The Morgan fingerprint density at radius 1 is 1.10 bits per heavy atom. The number of nitrogens with one attached hydrogen (secondary N) is 1. The molecule has 1 saturated heterocycles. The van der Waals surface area contributed by atoms with Gasteiger partial charge in [-0.15, -0.1) is 0 Å². The molecule has 1 N–H and O–H groups in total. The number of benzene rings is 1. The number of carbonyl (C=O) groups is 1. The lowest BCUT2D eigenvalue weighted by Crippen LogP contribution is -2.48. The van der Waals surface area contributed by atoms with Gasteiger partial charge < -0.3 is 10.2 Å². The summed E-state index contributed by atoms with van der Waals surface area (Å²) in [5.74, 6) is -1.64. The second-order valence-electron chi connectivity index (χ2n) is 5.32. The Balaban J connectivity index is 1.80. The summed E-state index contributed by atoms with van der Waals surface area (Å²) in [6, 6.07) is 3.00. The van der Waals surface area contributed by atoms with Crippen molar-refractivity contribution in [3.63, 3.8) is 0 Å². The van der Waals surface area contributed by atoms with E-state index in [0.717, 1.165) is 57.3 Å². The van der Waals surface area contributed by atoms with E-state index >= 15 is 0 Å². The predicted molar refractivity (Wildman–Crippen MR) is 78.2 cm³/mol. The van der Waals surface area contributed by atoms with Gasteiger partial charge in [-0.25, -0.2) is 8.78 Å². The lowest BCUT2D eigenvalue weighted by molar-refractivity contribution is -0.117. The number of halogens is 2. The van der Waals surface area contributed by atoms with Gasteiger partial charge in [-0.1, -0.05) is 6.92 Å². The van der Waals surface area contributed by atoms with Crippen LogP contribution in [0.3, 0.4) is 0 Å². The van der Waals surface area contributed by atoms with E-state index in [1.165, 1.54) is 0 Å². The van der Waals surface area contributed by atoms with Crippen LogP contribution in [0.25, 0.3) is 0 Å². The van der Waals surface area contributed by atoms with Crippen molar-refractivity contribution in [2.75, 3.05) is 44.6 Å². The molecule has 0 aromatic heterocycles. The molecular weight excluding hydrogens is 276 g/mol. The monoisotopic (exact) mass is 297 g/mol. The molecule has 1 aliphatic heterocycles. The topological polar surface area (TPSA) is 35.6 Å². The zero-order valence-electron chi connectivity index (χ0n) is 12.2. The van der Waals surface area contributed by atoms with Gasteiger partial charge in [0.2, 0.25) is 5.91 Å². The molecule has 0 spiro atoms. The largest absolute Gasteiger partial charge is 0.325 e. The van der Waals surface area contributed by atoms with Crippen LogP contribution in [0, 0.1) is 11.6 Å². The molecule has 1 fully saturated rings. The first kappa shape index (κ1) is 15.9. The molecule has 0 aliphatic carbocycles. The van der Waals surface area contributed by atoms with Crippen LogP contribution in [0.2, 0.25) is 0 Å². The standard InChI is InChI=1S/C15H21F2N3O/c1-2-3-19-4-6-20(7-5-19)11-15(21)18-14-9-12(16)8-13(17)10-14/h8-10H,2-7,11H2,1H3,(H,18,21). The van der Waals surface area contributed by atoms with Crippen LogP contribution in [-0.4, -0.2) is 55.0 Å². The van der Waals surface area contributed by atoms with Crippen molar-refractivity contribution >= 4 is 11.6 Å². The van der Waals surface area contributed by atoms with E-state index < -0.39 is 11.6 Å².